The van der Waals surface area contributed by atoms with Crippen LogP contribution < -0.4 is 10.6 Å². The van der Waals surface area contributed by atoms with Crippen molar-refractivity contribution in [2.75, 3.05) is 19.8 Å². The molecular weight excluding hydrogens is 339 g/mol. The van der Waals surface area contributed by atoms with Gasteiger partial charge in [-0.05, 0) is 29.5 Å². The van der Waals surface area contributed by atoms with E-state index in [9.17, 15) is 4.39 Å². The Bertz CT molecular complexity index is 700. The van der Waals surface area contributed by atoms with Crippen molar-refractivity contribution in [1.82, 2.24) is 25.4 Å². The monoisotopic (exact) mass is 364 g/mol. The number of aromatic nitrogens is 3. The molecule has 0 aliphatic carbocycles. The second kappa shape index (κ2) is 10.0. The summed E-state index contributed by atoms with van der Waals surface area (Å²) in [5.41, 5.74) is 2.08. The molecule has 25 heavy (non-hydrogen) atoms. The van der Waals surface area contributed by atoms with Crippen LogP contribution in [0.2, 0.25) is 0 Å². The third kappa shape index (κ3) is 5.74. The predicted molar refractivity (Wildman–Crippen MR) is 101 cm³/mol. The topological polar surface area (TPSA) is 67.1 Å². The summed E-state index contributed by atoms with van der Waals surface area (Å²) in [6.45, 7) is 4.14. The maximum Gasteiger partial charge on any atom is 0.191 e. The molecule has 136 valence electrons. The van der Waals surface area contributed by atoms with Gasteiger partial charge in [0, 0.05) is 38.9 Å². The highest BCUT2D eigenvalue weighted by atomic mass is 32.2. The third-order valence-electron chi connectivity index (χ3n) is 3.80. The molecule has 1 aromatic heterocycles. The predicted octanol–water partition coefficient (Wildman–Crippen LogP) is 2.21. The van der Waals surface area contributed by atoms with Gasteiger partial charge < -0.3 is 15.2 Å². The number of aliphatic imine (C=N–C) groups is 1. The van der Waals surface area contributed by atoms with Crippen LogP contribution in [-0.2, 0) is 25.3 Å². The number of rotatable bonds is 8. The van der Waals surface area contributed by atoms with E-state index < -0.39 is 0 Å². The van der Waals surface area contributed by atoms with Gasteiger partial charge in [0.1, 0.15) is 18.0 Å². The van der Waals surface area contributed by atoms with Crippen LogP contribution in [0.15, 0.2) is 29.5 Å². The summed E-state index contributed by atoms with van der Waals surface area (Å²) in [5, 5.41) is 14.6. The lowest BCUT2D eigenvalue weighted by Crippen LogP contribution is -2.38. The molecule has 0 fully saturated rings. The molecule has 0 aliphatic heterocycles. The van der Waals surface area contributed by atoms with Gasteiger partial charge in [0.05, 0.1) is 0 Å². The standard InChI is InChI=1S/C17H25FN6S/c1-4-16-23-22-12-24(16)8-7-20-17(19-2)21-10-13-5-6-15(18)9-14(13)11-25-3/h5-6,9,12H,4,7-8,10-11H2,1-3H3,(H2,19,20,21). The summed E-state index contributed by atoms with van der Waals surface area (Å²) in [4.78, 5) is 4.23. The Balaban J connectivity index is 1.86. The molecule has 0 atom stereocenters. The van der Waals surface area contributed by atoms with Crippen LogP contribution in [0.3, 0.4) is 0 Å². The molecule has 0 saturated carbocycles. The first-order valence-electron chi connectivity index (χ1n) is 8.25. The van der Waals surface area contributed by atoms with Crippen molar-refractivity contribution in [1.29, 1.82) is 0 Å². The fourth-order valence-electron chi connectivity index (χ4n) is 2.49. The van der Waals surface area contributed by atoms with Crippen molar-refractivity contribution in [2.24, 2.45) is 4.99 Å². The number of halogens is 1. The molecule has 0 aliphatic rings. The molecule has 2 N–H and O–H groups in total. The van der Waals surface area contributed by atoms with Crippen molar-refractivity contribution in [3.8, 4) is 0 Å². The molecule has 1 heterocycles. The average Bonchev–Trinajstić information content (AvgIpc) is 3.07. The quantitative estimate of drug-likeness (QED) is 0.555. The van der Waals surface area contributed by atoms with Gasteiger partial charge in [0.15, 0.2) is 5.96 Å². The van der Waals surface area contributed by atoms with Crippen molar-refractivity contribution >= 4 is 17.7 Å². The number of hydrogen-bond acceptors (Lipinski definition) is 4. The van der Waals surface area contributed by atoms with Crippen LogP contribution in [0, 0.1) is 5.82 Å². The lowest BCUT2D eigenvalue weighted by Gasteiger charge is -2.14. The number of nitrogens with zero attached hydrogens (tertiary/aromatic N) is 4. The van der Waals surface area contributed by atoms with Gasteiger partial charge in [-0.1, -0.05) is 13.0 Å². The molecule has 2 rings (SSSR count). The highest BCUT2D eigenvalue weighted by Gasteiger charge is 2.06. The van der Waals surface area contributed by atoms with Gasteiger partial charge >= 0.3 is 0 Å². The minimum Gasteiger partial charge on any atom is -0.355 e. The molecule has 0 unspecified atom stereocenters. The first kappa shape index (κ1) is 19.2. The Kier molecular flexibility index (Phi) is 7.72. The number of aryl methyl sites for hydroxylation is 1. The lowest BCUT2D eigenvalue weighted by atomic mass is 10.1. The minimum absolute atomic E-state index is 0.198. The fourth-order valence-corrected chi connectivity index (χ4v) is 3.07. The zero-order chi connectivity index (χ0) is 18.1. The summed E-state index contributed by atoms with van der Waals surface area (Å²) >= 11 is 1.68. The van der Waals surface area contributed by atoms with E-state index in [1.807, 2.05) is 16.9 Å². The van der Waals surface area contributed by atoms with Gasteiger partial charge in [-0.15, -0.1) is 10.2 Å². The largest absolute Gasteiger partial charge is 0.355 e. The molecule has 0 saturated heterocycles. The van der Waals surface area contributed by atoms with E-state index in [0.717, 1.165) is 35.7 Å². The van der Waals surface area contributed by atoms with Crippen molar-refractivity contribution in [3.05, 3.63) is 47.3 Å². The zero-order valence-electron chi connectivity index (χ0n) is 14.9. The fraction of sp³-hybridized carbons (Fsp3) is 0.471. The highest BCUT2D eigenvalue weighted by molar-refractivity contribution is 7.97. The normalized spacial score (nSPS) is 11.6. The van der Waals surface area contributed by atoms with Crippen molar-refractivity contribution < 1.29 is 4.39 Å². The summed E-state index contributed by atoms with van der Waals surface area (Å²) in [6, 6.07) is 4.92. The molecule has 2 aromatic rings. The van der Waals surface area contributed by atoms with E-state index >= 15 is 0 Å². The molecule has 6 nitrogen and oxygen atoms in total. The average molecular weight is 364 g/mol. The smallest absolute Gasteiger partial charge is 0.191 e. The summed E-state index contributed by atoms with van der Waals surface area (Å²) < 4.78 is 15.4. The van der Waals surface area contributed by atoms with Gasteiger partial charge in [0.2, 0.25) is 0 Å². The van der Waals surface area contributed by atoms with Crippen LogP contribution in [0.5, 0.6) is 0 Å². The molecule has 1 aromatic carbocycles. The van der Waals surface area contributed by atoms with Crippen LogP contribution in [-0.4, -0.2) is 40.6 Å². The maximum atomic E-state index is 13.4. The first-order chi connectivity index (χ1) is 12.2. The molecule has 0 spiro atoms. The Morgan fingerprint density at radius 2 is 2.16 bits per heavy atom. The Morgan fingerprint density at radius 3 is 2.88 bits per heavy atom. The van der Waals surface area contributed by atoms with Crippen molar-refractivity contribution in [2.45, 2.75) is 32.2 Å². The summed E-state index contributed by atoms with van der Waals surface area (Å²) in [5.74, 6) is 2.27. The second-order valence-corrected chi connectivity index (χ2v) is 6.36. The van der Waals surface area contributed by atoms with Crippen LogP contribution in [0.25, 0.3) is 0 Å². The number of thioether (sulfide) groups is 1. The number of guanidine groups is 1. The minimum atomic E-state index is -0.198. The van der Waals surface area contributed by atoms with E-state index in [0.29, 0.717) is 19.0 Å². The van der Waals surface area contributed by atoms with Crippen LogP contribution in [0.1, 0.15) is 23.9 Å². The number of benzene rings is 1. The highest BCUT2D eigenvalue weighted by Crippen LogP contribution is 2.16. The van der Waals surface area contributed by atoms with E-state index in [1.165, 1.54) is 6.07 Å². The maximum absolute atomic E-state index is 13.4. The Hall–Kier alpha value is -2.09. The SMILES string of the molecule is CCc1nncn1CCNC(=NC)NCc1ccc(F)cc1CSC. The molecule has 0 radical (unpaired) electrons. The van der Waals surface area contributed by atoms with E-state index in [4.69, 9.17) is 0 Å². The van der Waals surface area contributed by atoms with Crippen LogP contribution >= 0.6 is 11.8 Å². The Labute approximate surface area is 152 Å². The van der Waals surface area contributed by atoms with E-state index in [-0.39, 0.29) is 5.82 Å². The van der Waals surface area contributed by atoms with Gasteiger partial charge in [0.25, 0.3) is 0 Å². The van der Waals surface area contributed by atoms with Gasteiger partial charge in [-0.25, -0.2) is 4.39 Å². The molecule has 8 heteroatoms. The summed E-state index contributed by atoms with van der Waals surface area (Å²) in [7, 11) is 1.74. The third-order valence-corrected chi connectivity index (χ3v) is 4.39. The second-order valence-electron chi connectivity index (χ2n) is 5.49. The summed E-state index contributed by atoms with van der Waals surface area (Å²) in [6.07, 6.45) is 4.61. The van der Waals surface area contributed by atoms with Crippen molar-refractivity contribution in [3.63, 3.8) is 0 Å². The lowest BCUT2D eigenvalue weighted by molar-refractivity contribution is 0.624. The van der Waals surface area contributed by atoms with E-state index in [2.05, 4.69) is 32.7 Å². The Morgan fingerprint density at radius 1 is 1.32 bits per heavy atom. The number of hydrogen-bond donors (Lipinski definition) is 2. The van der Waals surface area contributed by atoms with Gasteiger partial charge in [-0.3, -0.25) is 4.99 Å². The van der Waals surface area contributed by atoms with Gasteiger partial charge in [-0.2, -0.15) is 11.8 Å². The first-order valence-corrected chi connectivity index (χ1v) is 9.64. The van der Waals surface area contributed by atoms with Crippen LogP contribution in [0.4, 0.5) is 4.39 Å². The zero-order valence-corrected chi connectivity index (χ0v) is 15.7. The molecule has 0 amide bonds. The number of nitrogens with one attached hydrogen (secondary N) is 2. The molecular formula is C17H25FN6S. The molecule has 0 bridgehead atoms. The van der Waals surface area contributed by atoms with E-state index in [1.54, 1.807) is 31.2 Å².